The van der Waals surface area contributed by atoms with E-state index < -0.39 is 11.7 Å². The number of rotatable bonds is 3. The van der Waals surface area contributed by atoms with Gasteiger partial charge in [0.2, 0.25) is 5.91 Å². The average molecular weight is 480 g/mol. The SMILES string of the molecule is CC(C)(C)OC(=O)n1ncc2c1CC[C@H](N1CC[C@@H](Cc3c(Cl)cc(O)cc3Cl)C1=O)C2. The molecule has 1 saturated heterocycles. The number of ether oxygens (including phenoxy) is 1. The predicted octanol–water partition coefficient (Wildman–Crippen LogP) is 4.63. The van der Waals surface area contributed by atoms with E-state index >= 15 is 0 Å². The normalized spacial score (nSPS) is 21.0. The van der Waals surface area contributed by atoms with Gasteiger partial charge in [-0.15, -0.1) is 0 Å². The molecule has 4 rings (SSSR count). The molecule has 1 aliphatic carbocycles. The van der Waals surface area contributed by atoms with E-state index in [4.69, 9.17) is 27.9 Å². The minimum atomic E-state index is -0.590. The summed E-state index contributed by atoms with van der Waals surface area (Å²) in [4.78, 5) is 27.6. The van der Waals surface area contributed by atoms with Crippen molar-refractivity contribution in [2.24, 2.45) is 5.92 Å². The number of hydrogen-bond acceptors (Lipinski definition) is 5. The monoisotopic (exact) mass is 479 g/mol. The zero-order chi connectivity index (χ0) is 23.2. The highest BCUT2D eigenvalue weighted by Gasteiger charge is 2.38. The number of carbonyl (C=O) groups excluding carboxylic acids is 2. The summed E-state index contributed by atoms with van der Waals surface area (Å²) in [6.07, 6.45) is 4.49. The number of fused-ring (bicyclic) bond motifs is 1. The van der Waals surface area contributed by atoms with Gasteiger partial charge in [-0.1, -0.05) is 23.2 Å². The van der Waals surface area contributed by atoms with E-state index in [0.717, 1.165) is 24.1 Å². The number of nitrogens with zero attached hydrogens (tertiary/aromatic N) is 3. The Labute approximate surface area is 197 Å². The zero-order valence-corrected chi connectivity index (χ0v) is 19.9. The van der Waals surface area contributed by atoms with E-state index in [1.165, 1.54) is 16.8 Å². The molecule has 1 aliphatic heterocycles. The van der Waals surface area contributed by atoms with E-state index in [-0.39, 0.29) is 23.6 Å². The molecule has 1 N–H and O–H groups in total. The van der Waals surface area contributed by atoms with Crippen molar-refractivity contribution in [2.75, 3.05) is 6.54 Å². The number of phenolic OH excluding ortho intramolecular Hbond substituents is 1. The lowest BCUT2D eigenvalue weighted by atomic mass is 9.92. The summed E-state index contributed by atoms with van der Waals surface area (Å²) < 4.78 is 6.80. The van der Waals surface area contributed by atoms with Gasteiger partial charge in [0, 0.05) is 28.5 Å². The topological polar surface area (TPSA) is 84.7 Å². The Kier molecular flexibility index (Phi) is 6.16. The Balaban J connectivity index is 1.44. The molecule has 1 amide bonds. The molecule has 172 valence electrons. The van der Waals surface area contributed by atoms with Crippen molar-refractivity contribution in [3.8, 4) is 5.75 Å². The highest BCUT2D eigenvalue weighted by atomic mass is 35.5. The minimum absolute atomic E-state index is 0.00747. The van der Waals surface area contributed by atoms with Gasteiger partial charge in [-0.2, -0.15) is 9.78 Å². The number of likely N-dealkylation sites (tertiary alicyclic amines) is 1. The van der Waals surface area contributed by atoms with Crippen LogP contribution >= 0.6 is 23.2 Å². The van der Waals surface area contributed by atoms with Gasteiger partial charge in [-0.05, 0) is 76.1 Å². The van der Waals surface area contributed by atoms with Crippen LogP contribution in [0.3, 0.4) is 0 Å². The Morgan fingerprint density at radius 2 is 1.94 bits per heavy atom. The molecule has 32 heavy (non-hydrogen) atoms. The number of phenols is 1. The number of halogens is 2. The quantitative estimate of drug-likeness (QED) is 0.693. The number of aromatic hydroxyl groups is 1. The van der Waals surface area contributed by atoms with Crippen LogP contribution in [0, 0.1) is 5.92 Å². The summed E-state index contributed by atoms with van der Waals surface area (Å²) >= 11 is 12.5. The number of hydrogen-bond donors (Lipinski definition) is 1. The lowest BCUT2D eigenvalue weighted by molar-refractivity contribution is -0.133. The van der Waals surface area contributed by atoms with Crippen molar-refractivity contribution >= 4 is 35.2 Å². The molecule has 0 radical (unpaired) electrons. The molecule has 0 bridgehead atoms. The van der Waals surface area contributed by atoms with Gasteiger partial charge in [0.15, 0.2) is 0 Å². The molecule has 0 spiro atoms. The smallest absolute Gasteiger partial charge is 0.435 e. The Bertz CT molecular complexity index is 1040. The van der Waals surface area contributed by atoms with Crippen LogP contribution in [0.4, 0.5) is 4.79 Å². The van der Waals surface area contributed by atoms with Crippen molar-refractivity contribution in [1.29, 1.82) is 0 Å². The van der Waals surface area contributed by atoms with Gasteiger partial charge in [0.05, 0.1) is 11.9 Å². The van der Waals surface area contributed by atoms with Crippen molar-refractivity contribution < 1.29 is 19.4 Å². The summed E-state index contributed by atoms with van der Waals surface area (Å²) in [5.41, 5.74) is 1.94. The van der Waals surface area contributed by atoms with Crippen LogP contribution in [0.1, 0.15) is 50.4 Å². The number of aromatic nitrogens is 2. The van der Waals surface area contributed by atoms with Crippen LogP contribution in [0.15, 0.2) is 18.3 Å². The third-order valence-electron chi connectivity index (χ3n) is 6.06. The van der Waals surface area contributed by atoms with E-state index in [1.807, 2.05) is 25.7 Å². The minimum Gasteiger partial charge on any atom is -0.508 e. The Hall–Kier alpha value is -2.25. The maximum absolute atomic E-state index is 13.2. The molecule has 0 unspecified atom stereocenters. The Morgan fingerprint density at radius 1 is 1.25 bits per heavy atom. The van der Waals surface area contributed by atoms with Crippen LogP contribution in [0.2, 0.25) is 10.0 Å². The van der Waals surface area contributed by atoms with E-state index in [0.29, 0.717) is 41.4 Å². The second kappa shape index (κ2) is 8.60. The maximum Gasteiger partial charge on any atom is 0.435 e. The summed E-state index contributed by atoms with van der Waals surface area (Å²) in [5.74, 6) is -0.0910. The molecule has 1 aromatic heterocycles. The summed E-state index contributed by atoms with van der Waals surface area (Å²) in [5, 5.41) is 14.6. The summed E-state index contributed by atoms with van der Waals surface area (Å²) in [6.45, 7) is 6.15. The molecular weight excluding hydrogens is 453 g/mol. The third-order valence-corrected chi connectivity index (χ3v) is 6.73. The fraction of sp³-hybridized carbons (Fsp3) is 0.522. The van der Waals surface area contributed by atoms with Gasteiger partial charge in [0.1, 0.15) is 11.4 Å². The first-order valence-electron chi connectivity index (χ1n) is 10.8. The fourth-order valence-electron chi connectivity index (χ4n) is 4.58. The highest BCUT2D eigenvalue weighted by Crippen LogP contribution is 2.35. The molecule has 9 heteroatoms. The van der Waals surface area contributed by atoms with E-state index in [1.54, 1.807) is 6.20 Å². The standard InChI is InChI=1S/C23H27Cl2N3O4/c1-23(2,3)32-22(31)28-20-5-4-15(8-14(20)12-26-28)27-7-6-13(21(27)30)9-17-18(24)10-16(29)11-19(17)25/h10-13,15,29H,4-9H2,1-3H3/t13-,15-/m0/s1. The van der Waals surface area contributed by atoms with Gasteiger partial charge in [-0.3, -0.25) is 4.79 Å². The second-order valence-electron chi connectivity index (χ2n) is 9.51. The van der Waals surface area contributed by atoms with Crippen molar-refractivity contribution in [3.63, 3.8) is 0 Å². The van der Waals surface area contributed by atoms with Gasteiger partial charge >= 0.3 is 6.09 Å². The van der Waals surface area contributed by atoms with Crippen LogP contribution in [0.5, 0.6) is 5.75 Å². The van der Waals surface area contributed by atoms with Crippen molar-refractivity contribution in [3.05, 3.63) is 45.2 Å². The third kappa shape index (κ3) is 4.59. The average Bonchev–Trinajstić information content (AvgIpc) is 3.26. The van der Waals surface area contributed by atoms with Crippen molar-refractivity contribution in [2.45, 2.75) is 64.5 Å². The zero-order valence-electron chi connectivity index (χ0n) is 18.4. The molecular formula is C23H27Cl2N3O4. The first-order chi connectivity index (χ1) is 15.0. The second-order valence-corrected chi connectivity index (χ2v) is 10.3. The molecule has 2 aromatic rings. The summed E-state index contributed by atoms with van der Waals surface area (Å²) in [6, 6.07) is 2.97. The van der Waals surface area contributed by atoms with Crippen LogP contribution in [-0.4, -0.2) is 50.0 Å². The molecule has 7 nitrogen and oxygen atoms in total. The van der Waals surface area contributed by atoms with Crippen LogP contribution in [-0.2, 0) is 28.8 Å². The molecule has 1 aromatic carbocycles. The first-order valence-corrected chi connectivity index (χ1v) is 11.6. The van der Waals surface area contributed by atoms with Gasteiger partial charge < -0.3 is 14.7 Å². The van der Waals surface area contributed by atoms with Gasteiger partial charge in [0.25, 0.3) is 0 Å². The number of carbonyl (C=O) groups is 2. The Morgan fingerprint density at radius 3 is 2.59 bits per heavy atom. The first kappa shape index (κ1) is 22.9. The van der Waals surface area contributed by atoms with E-state index in [2.05, 4.69) is 5.10 Å². The molecule has 1 fully saturated rings. The lowest BCUT2D eigenvalue weighted by Crippen LogP contribution is -2.41. The predicted molar refractivity (Wildman–Crippen MR) is 121 cm³/mol. The fourth-order valence-corrected chi connectivity index (χ4v) is 5.21. The van der Waals surface area contributed by atoms with Crippen LogP contribution < -0.4 is 0 Å². The maximum atomic E-state index is 13.2. The van der Waals surface area contributed by atoms with Gasteiger partial charge in [-0.25, -0.2) is 4.79 Å². The number of benzene rings is 1. The number of amides is 1. The van der Waals surface area contributed by atoms with Crippen molar-refractivity contribution in [1.82, 2.24) is 14.7 Å². The summed E-state index contributed by atoms with van der Waals surface area (Å²) in [7, 11) is 0. The highest BCUT2D eigenvalue weighted by molar-refractivity contribution is 6.36. The molecule has 2 heterocycles. The molecule has 2 atom stereocenters. The molecule has 0 saturated carbocycles. The van der Waals surface area contributed by atoms with Crippen LogP contribution in [0.25, 0.3) is 0 Å². The largest absolute Gasteiger partial charge is 0.508 e. The van der Waals surface area contributed by atoms with E-state index in [9.17, 15) is 14.7 Å². The lowest BCUT2D eigenvalue weighted by Gasteiger charge is -2.31. The molecule has 2 aliphatic rings.